The van der Waals surface area contributed by atoms with Crippen LogP contribution in [0.25, 0.3) is 0 Å². The highest BCUT2D eigenvalue weighted by atomic mass is 16.6. The van der Waals surface area contributed by atoms with Crippen LogP contribution in [0.4, 0.5) is 0 Å². The van der Waals surface area contributed by atoms with Gasteiger partial charge in [0.1, 0.15) is 13.2 Å². The summed E-state index contributed by atoms with van der Waals surface area (Å²) in [5.74, 6) is 3.56. The predicted octanol–water partition coefficient (Wildman–Crippen LogP) is 3.44. The van der Waals surface area contributed by atoms with Crippen molar-refractivity contribution in [1.82, 2.24) is 5.32 Å². The fraction of sp³-hybridized carbons (Fsp3) is 0.647. The number of rotatable bonds is 6. The zero-order chi connectivity index (χ0) is 14.5. The van der Waals surface area contributed by atoms with Crippen molar-refractivity contribution < 1.29 is 9.47 Å². The highest BCUT2D eigenvalue weighted by molar-refractivity contribution is 5.44. The molecule has 1 aromatic rings. The molecular weight excluding hydrogens is 250 g/mol. The van der Waals surface area contributed by atoms with Crippen LogP contribution in [0.5, 0.6) is 11.5 Å². The molecule has 1 aliphatic heterocycles. The minimum absolute atomic E-state index is 0.505. The number of benzene rings is 1. The van der Waals surface area contributed by atoms with Gasteiger partial charge in [-0.3, -0.25) is 0 Å². The van der Waals surface area contributed by atoms with Crippen molar-refractivity contribution in [2.24, 2.45) is 11.8 Å². The monoisotopic (exact) mass is 277 g/mol. The van der Waals surface area contributed by atoms with Crippen LogP contribution in [0, 0.1) is 11.8 Å². The van der Waals surface area contributed by atoms with E-state index in [1.807, 2.05) is 6.07 Å². The van der Waals surface area contributed by atoms with Crippen molar-refractivity contribution in [2.45, 2.75) is 33.6 Å². The first kappa shape index (κ1) is 15.2. The lowest BCUT2D eigenvalue weighted by Crippen LogP contribution is -2.27. The van der Waals surface area contributed by atoms with Crippen LogP contribution in [0.2, 0.25) is 0 Å². The largest absolute Gasteiger partial charge is 0.486 e. The standard InChI is InChI=1S/C17H27NO2/c1-12(2)10-18-11-13(3)14(4)15-5-6-16-17(9-15)20-8-7-19-16/h5-6,9,12-14,18H,7-8,10-11H2,1-4H3. The minimum Gasteiger partial charge on any atom is -0.486 e. The van der Waals surface area contributed by atoms with E-state index in [4.69, 9.17) is 9.47 Å². The second-order valence-electron chi connectivity index (χ2n) is 6.22. The van der Waals surface area contributed by atoms with Gasteiger partial charge >= 0.3 is 0 Å². The molecule has 0 bridgehead atoms. The molecule has 0 saturated carbocycles. The Balaban J connectivity index is 1.95. The van der Waals surface area contributed by atoms with Crippen LogP contribution in [0.15, 0.2) is 18.2 Å². The Morgan fingerprint density at radius 2 is 1.70 bits per heavy atom. The molecule has 0 saturated heterocycles. The van der Waals surface area contributed by atoms with Crippen molar-refractivity contribution in [3.05, 3.63) is 23.8 Å². The van der Waals surface area contributed by atoms with Crippen LogP contribution in [0.1, 0.15) is 39.2 Å². The van der Waals surface area contributed by atoms with E-state index in [1.165, 1.54) is 5.56 Å². The summed E-state index contributed by atoms with van der Waals surface area (Å²) >= 11 is 0. The van der Waals surface area contributed by atoms with Gasteiger partial charge in [0.05, 0.1) is 0 Å². The number of hydrogen-bond donors (Lipinski definition) is 1. The van der Waals surface area contributed by atoms with E-state index in [2.05, 4.69) is 45.1 Å². The third-order valence-corrected chi connectivity index (χ3v) is 3.96. The van der Waals surface area contributed by atoms with Crippen molar-refractivity contribution in [3.8, 4) is 11.5 Å². The number of hydrogen-bond acceptors (Lipinski definition) is 3. The van der Waals surface area contributed by atoms with Gasteiger partial charge in [-0.25, -0.2) is 0 Å². The molecule has 2 rings (SSSR count). The fourth-order valence-electron chi connectivity index (χ4n) is 2.45. The normalized spacial score (nSPS) is 17.1. The highest BCUT2D eigenvalue weighted by Crippen LogP contribution is 2.34. The molecule has 1 aliphatic rings. The summed E-state index contributed by atoms with van der Waals surface area (Å²) in [6.45, 7) is 12.5. The lowest BCUT2D eigenvalue weighted by Gasteiger charge is -2.24. The molecule has 0 spiro atoms. The van der Waals surface area contributed by atoms with E-state index in [9.17, 15) is 0 Å². The number of ether oxygens (including phenoxy) is 2. The van der Waals surface area contributed by atoms with Crippen LogP contribution >= 0.6 is 0 Å². The molecule has 0 radical (unpaired) electrons. The molecule has 3 heteroatoms. The van der Waals surface area contributed by atoms with E-state index in [0.29, 0.717) is 31.0 Å². The van der Waals surface area contributed by atoms with Crippen molar-refractivity contribution in [2.75, 3.05) is 26.3 Å². The summed E-state index contributed by atoms with van der Waals surface area (Å²) in [5, 5.41) is 3.54. The van der Waals surface area contributed by atoms with Crippen LogP contribution < -0.4 is 14.8 Å². The zero-order valence-electron chi connectivity index (χ0n) is 13.1. The molecule has 2 atom stereocenters. The Morgan fingerprint density at radius 3 is 2.40 bits per heavy atom. The Labute approximate surface area is 122 Å². The summed E-state index contributed by atoms with van der Waals surface area (Å²) in [4.78, 5) is 0. The topological polar surface area (TPSA) is 30.5 Å². The molecule has 0 aromatic heterocycles. The predicted molar refractivity (Wildman–Crippen MR) is 82.7 cm³/mol. The zero-order valence-corrected chi connectivity index (χ0v) is 13.1. The van der Waals surface area contributed by atoms with E-state index in [0.717, 1.165) is 24.6 Å². The number of nitrogens with one attached hydrogen (secondary N) is 1. The molecule has 1 N–H and O–H groups in total. The Morgan fingerprint density at radius 1 is 1.00 bits per heavy atom. The van der Waals surface area contributed by atoms with Crippen molar-refractivity contribution in [3.63, 3.8) is 0 Å². The first-order valence-corrected chi connectivity index (χ1v) is 7.68. The lowest BCUT2D eigenvalue weighted by molar-refractivity contribution is 0.171. The third-order valence-electron chi connectivity index (χ3n) is 3.96. The second kappa shape index (κ2) is 6.98. The Hall–Kier alpha value is -1.22. The summed E-state index contributed by atoms with van der Waals surface area (Å²) in [6.07, 6.45) is 0. The molecule has 1 heterocycles. The molecule has 1 aromatic carbocycles. The molecule has 2 unspecified atom stereocenters. The van der Waals surface area contributed by atoms with E-state index < -0.39 is 0 Å². The van der Waals surface area contributed by atoms with Gasteiger partial charge in [0.2, 0.25) is 0 Å². The second-order valence-corrected chi connectivity index (χ2v) is 6.22. The van der Waals surface area contributed by atoms with Gasteiger partial charge in [0, 0.05) is 0 Å². The third kappa shape index (κ3) is 3.89. The van der Waals surface area contributed by atoms with Gasteiger partial charge in [-0.2, -0.15) is 0 Å². The Bertz CT molecular complexity index is 431. The summed E-state index contributed by atoms with van der Waals surface area (Å²) in [5.41, 5.74) is 1.33. The quantitative estimate of drug-likeness (QED) is 0.864. The lowest BCUT2D eigenvalue weighted by atomic mass is 9.88. The maximum absolute atomic E-state index is 5.67. The van der Waals surface area contributed by atoms with Gasteiger partial charge in [-0.05, 0) is 48.5 Å². The van der Waals surface area contributed by atoms with E-state index in [1.54, 1.807) is 0 Å². The molecule has 0 fully saturated rings. The summed E-state index contributed by atoms with van der Waals surface area (Å²) in [6, 6.07) is 6.34. The maximum atomic E-state index is 5.67. The molecule has 0 aliphatic carbocycles. The van der Waals surface area contributed by atoms with Gasteiger partial charge in [-0.15, -0.1) is 0 Å². The summed E-state index contributed by atoms with van der Waals surface area (Å²) in [7, 11) is 0. The van der Waals surface area contributed by atoms with E-state index in [-0.39, 0.29) is 0 Å². The fourth-order valence-corrected chi connectivity index (χ4v) is 2.45. The highest BCUT2D eigenvalue weighted by Gasteiger charge is 2.18. The maximum Gasteiger partial charge on any atom is 0.161 e. The van der Waals surface area contributed by atoms with Gasteiger partial charge in [-0.1, -0.05) is 33.8 Å². The van der Waals surface area contributed by atoms with Gasteiger partial charge in [0.25, 0.3) is 0 Å². The van der Waals surface area contributed by atoms with Crippen LogP contribution in [0.3, 0.4) is 0 Å². The first-order valence-electron chi connectivity index (χ1n) is 7.68. The summed E-state index contributed by atoms with van der Waals surface area (Å²) < 4.78 is 11.2. The van der Waals surface area contributed by atoms with Gasteiger partial charge < -0.3 is 14.8 Å². The number of fused-ring (bicyclic) bond motifs is 1. The molecule has 112 valence electrons. The van der Waals surface area contributed by atoms with Crippen molar-refractivity contribution in [1.29, 1.82) is 0 Å². The van der Waals surface area contributed by atoms with E-state index >= 15 is 0 Å². The van der Waals surface area contributed by atoms with Gasteiger partial charge in [0.15, 0.2) is 11.5 Å². The smallest absolute Gasteiger partial charge is 0.161 e. The molecule has 3 nitrogen and oxygen atoms in total. The molecule has 0 amide bonds. The minimum atomic E-state index is 0.505. The van der Waals surface area contributed by atoms with Crippen molar-refractivity contribution >= 4 is 0 Å². The van der Waals surface area contributed by atoms with Crippen LogP contribution in [-0.2, 0) is 0 Å². The Kier molecular flexibility index (Phi) is 5.30. The van der Waals surface area contributed by atoms with Crippen LogP contribution in [-0.4, -0.2) is 26.3 Å². The molecular formula is C17H27NO2. The average molecular weight is 277 g/mol. The first-order chi connectivity index (χ1) is 9.58. The average Bonchev–Trinajstić information content (AvgIpc) is 2.45. The molecule has 20 heavy (non-hydrogen) atoms. The SMILES string of the molecule is CC(C)CNCC(C)C(C)c1ccc2c(c1)OCCO2.